The van der Waals surface area contributed by atoms with Gasteiger partial charge in [-0.25, -0.2) is 4.98 Å². The number of carbonyl (C=O) groups is 1. The lowest BCUT2D eigenvalue weighted by Crippen LogP contribution is -2.02. The van der Waals surface area contributed by atoms with Gasteiger partial charge in [0.25, 0.3) is 5.69 Å². The summed E-state index contributed by atoms with van der Waals surface area (Å²) in [6.45, 7) is 4.32. The van der Waals surface area contributed by atoms with Crippen LogP contribution < -0.4 is 0 Å². The maximum atomic E-state index is 12.4. The minimum atomic E-state index is -0.418. The Kier molecular flexibility index (Phi) is 5.68. The number of carbonyl (C=O) groups excluding carboxylic acids is 1. The van der Waals surface area contributed by atoms with Crippen molar-refractivity contribution in [1.29, 1.82) is 0 Å². The van der Waals surface area contributed by atoms with E-state index in [1.165, 1.54) is 40.8 Å². The first-order chi connectivity index (χ1) is 12.5. The van der Waals surface area contributed by atoms with Gasteiger partial charge in [0.1, 0.15) is 0 Å². The molecule has 0 radical (unpaired) electrons. The molecule has 5 nitrogen and oxygen atoms in total. The molecule has 0 spiro atoms. The highest BCUT2D eigenvalue weighted by Crippen LogP contribution is 2.32. The van der Waals surface area contributed by atoms with Gasteiger partial charge in [-0.2, -0.15) is 0 Å². The third kappa shape index (κ3) is 4.11. The van der Waals surface area contributed by atoms with Crippen molar-refractivity contribution in [2.45, 2.75) is 30.5 Å². The summed E-state index contributed by atoms with van der Waals surface area (Å²) >= 11 is 2.74. The molecule has 1 heterocycles. The monoisotopic (exact) mass is 386 g/mol. The van der Waals surface area contributed by atoms with E-state index in [1.807, 2.05) is 24.3 Å². The summed E-state index contributed by atoms with van der Waals surface area (Å²) in [5, 5.41) is 10.8. The van der Waals surface area contributed by atoms with Gasteiger partial charge in [-0.15, -0.1) is 11.3 Å². The molecule has 0 bridgehead atoms. The van der Waals surface area contributed by atoms with Gasteiger partial charge in [0.15, 0.2) is 10.1 Å². The number of nitro benzene ring substituents is 1. The topological polar surface area (TPSA) is 73.1 Å². The maximum Gasteiger partial charge on any atom is 0.270 e. The molecule has 2 aromatic carbocycles. The van der Waals surface area contributed by atoms with E-state index < -0.39 is 4.92 Å². The molecule has 7 heteroatoms. The summed E-state index contributed by atoms with van der Waals surface area (Å²) in [5.74, 6) is 0.834. The largest absolute Gasteiger partial charge is 0.293 e. The maximum absolute atomic E-state index is 12.4. The number of non-ortho nitro benzene ring substituents is 1. The number of aromatic nitrogens is 1. The lowest BCUT2D eigenvalue weighted by molar-refractivity contribution is -0.384. The highest BCUT2D eigenvalue weighted by atomic mass is 32.2. The molecule has 26 heavy (non-hydrogen) atoms. The zero-order valence-electron chi connectivity index (χ0n) is 14.5. The van der Waals surface area contributed by atoms with E-state index in [2.05, 4.69) is 18.8 Å². The fourth-order valence-corrected chi connectivity index (χ4v) is 4.51. The molecular weight excluding hydrogens is 368 g/mol. The predicted molar refractivity (Wildman–Crippen MR) is 106 cm³/mol. The van der Waals surface area contributed by atoms with Crippen molar-refractivity contribution in [2.75, 3.05) is 5.75 Å². The molecule has 3 rings (SSSR count). The molecule has 0 saturated carbocycles. The molecule has 1 atom stereocenters. The molecule has 0 aliphatic carbocycles. The molecule has 0 aliphatic heterocycles. The number of rotatable bonds is 7. The number of hydrogen-bond donors (Lipinski definition) is 0. The third-order valence-corrected chi connectivity index (χ3v) is 6.47. The quantitative estimate of drug-likeness (QED) is 0.226. The minimum absolute atomic E-state index is 0.0511. The van der Waals surface area contributed by atoms with Crippen LogP contribution in [-0.2, 0) is 0 Å². The average molecular weight is 386 g/mol. The standard InChI is InChI=1S/C19H18N2O3S2/c1-3-12(2)13-4-6-14(7-5-13)17(22)11-25-19-20-16-9-8-15(21(23)24)10-18(16)26-19/h4-10,12H,3,11H2,1-2H3/t12-/m1/s1. The van der Waals surface area contributed by atoms with Gasteiger partial charge in [0.05, 0.1) is 20.9 Å². The van der Waals surface area contributed by atoms with Gasteiger partial charge in [0.2, 0.25) is 0 Å². The molecule has 134 valence electrons. The Morgan fingerprint density at radius 1 is 1.27 bits per heavy atom. The first-order valence-corrected chi connectivity index (χ1v) is 10.1. The molecule has 0 saturated heterocycles. The summed E-state index contributed by atoms with van der Waals surface area (Å²) in [6.07, 6.45) is 1.07. The second-order valence-corrected chi connectivity index (χ2v) is 8.29. The fraction of sp³-hybridized carbons (Fsp3) is 0.263. The normalized spacial score (nSPS) is 12.2. The zero-order valence-corrected chi connectivity index (χ0v) is 16.1. The average Bonchev–Trinajstić information content (AvgIpc) is 3.07. The first-order valence-electron chi connectivity index (χ1n) is 8.29. The second-order valence-electron chi connectivity index (χ2n) is 6.03. The molecular formula is C19H18N2O3S2. The van der Waals surface area contributed by atoms with E-state index in [-0.39, 0.29) is 11.5 Å². The summed E-state index contributed by atoms with van der Waals surface area (Å²) in [7, 11) is 0. The Morgan fingerprint density at radius 2 is 2.00 bits per heavy atom. The van der Waals surface area contributed by atoms with Gasteiger partial charge in [-0.3, -0.25) is 14.9 Å². The molecule has 0 aliphatic rings. The van der Waals surface area contributed by atoms with Crippen LogP contribution in [0.2, 0.25) is 0 Å². The SMILES string of the molecule is CC[C@@H](C)c1ccc(C(=O)CSc2nc3ccc([N+](=O)[O-])cc3s2)cc1. The number of nitrogens with zero attached hydrogens (tertiary/aromatic N) is 2. The number of hydrogen-bond acceptors (Lipinski definition) is 6. The summed E-state index contributed by atoms with van der Waals surface area (Å²) in [4.78, 5) is 27.3. The van der Waals surface area contributed by atoms with E-state index in [1.54, 1.807) is 6.07 Å². The van der Waals surface area contributed by atoms with Crippen LogP contribution in [0.1, 0.15) is 42.1 Å². The predicted octanol–water partition coefficient (Wildman–Crippen LogP) is 5.69. The van der Waals surface area contributed by atoms with Crippen molar-refractivity contribution < 1.29 is 9.72 Å². The van der Waals surface area contributed by atoms with Crippen LogP contribution in [0.15, 0.2) is 46.8 Å². The Balaban J connectivity index is 1.67. The molecule has 0 N–H and O–H groups in total. The van der Waals surface area contributed by atoms with E-state index in [0.29, 0.717) is 22.8 Å². The Bertz CT molecular complexity index is 951. The summed E-state index contributed by atoms with van der Waals surface area (Å²) in [5.41, 5.74) is 2.70. The van der Waals surface area contributed by atoms with Crippen LogP contribution in [0.25, 0.3) is 10.2 Å². The van der Waals surface area contributed by atoms with Crippen molar-refractivity contribution in [3.05, 3.63) is 63.7 Å². The van der Waals surface area contributed by atoms with Gasteiger partial charge in [0, 0.05) is 17.7 Å². The number of fused-ring (bicyclic) bond motifs is 1. The number of thiazole rings is 1. The van der Waals surface area contributed by atoms with E-state index in [4.69, 9.17) is 0 Å². The van der Waals surface area contributed by atoms with Gasteiger partial charge in [-0.05, 0) is 24.0 Å². The van der Waals surface area contributed by atoms with E-state index in [9.17, 15) is 14.9 Å². The van der Waals surface area contributed by atoms with Crippen LogP contribution >= 0.6 is 23.1 Å². The third-order valence-electron chi connectivity index (χ3n) is 4.30. The number of thioether (sulfide) groups is 1. The molecule has 0 fully saturated rings. The zero-order chi connectivity index (χ0) is 18.7. The van der Waals surface area contributed by atoms with E-state index in [0.717, 1.165) is 15.5 Å². The Hall–Kier alpha value is -2.25. The highest BCUT2D eigenvalue weighted by molar-refractivity contribution is 8.01. The van der Waals surface area contributed by atoms with Crippen LogP contribution in [0.4, 0.5) is 5.69 Å². The van der Waals surface area contributed by atoms with Crippen molar-refractivity contribution in [3.63, 3.8) is 0 Å². The fourth-order valence-electron chi connectivity index (χ4n) is 2.51. The van der Waals surface area contributed by atoms with Gasteiger partial charge in [-0.1, -0.05) is 49.9 Å². The highest BCUT2D eigenvalue weighted by Gasteiger charge is 2.13. The van der Waals surface area contributed by atoms with Crippen molar-refractivity contribution >= 4 is 44.8 Å². The first kappa shape index (κ1) is 18.5. The summed E-state index contributed by atoms with van der Waals surface area (Å²) in [6, 6.07) is 12.4. The van der Waals surface area contributed by atoms with Crippen LogP contribution in [0.5, 0.6) is 0 Å². The molecule has 3 aromatic rings. The van der Waals surface area contributed by atoms with Crippen molar-refractivity contribution in [1.82, 2.24) is 4.98 Å². The number of nitro groups is 1. The lowest BCUT2D eigenvalue weighted by Gasteiger charge is -2.09. The smallest absolute Gasteiger partial charge is 0.270 e. The molecule has 1 aromatic heterocycles. The van der Waals surface area contributed by atoms with Gasteiger partial charge < -0.3 is 0 Å². The Morgan fingerprint density at radius 3 is 2.65 bits per heavy atom. The number of benzene rings is 2. The van der Waals surface area contributed by atoms with Crippen molar-refractivity contribution in [2.24, 2.45) is 0 Å². The van der Waals surface area contributed by atoms with Crippen LogP contribution in [0, 0.1) is 10.1 Å². The minimum Gasteiger partial charge on any atom is -0.293 e. The Labute approximate surface area is 159 Å². The van der Waals surface area contributed by atoms with Crippen molar-refractivity contribution in [3.8, 4) is 0 Å². The van der Waals surface area contributed by atoms with Crippen LogP contribution in [0.3, 0.4) is 0 Å². The second kappa shape index (κ2) is 7.97. The molecule has 0 amide bonds. The number of Topliss-reactive ketones (excluding diaryl/α,β-unsaturated/α-hetero) is 1. The number of ketones is 1. The van der Waals surface area contributed by atoms with Gasteiger partial charge >= 0.3 is 0 Å². The summed E-state index contributed by atoms with van der Waals surface area (Å²) < 4.78 is 1.50. The molecule has 0 unspecified atom stereocenters. The van der Waals surface area contributed by atoms with E-state index >= 15 is 0 Å². The lowest BCUT2D eigenvalue weighted by atomic mass is 9.97. The van der Waals surface area contributed by atoms with Crippen LogP contribution in [-0.4, -0.2) is 21.4 Å².